The summed E-state index contributed by atoms with van der Waals surface area (Å²) in [5.41, 5.74) is 2.18. The van der Waals surface area contributed by atoms with Crippen LogP contribution in [0.15, 0.2) is 6.33 Å². The quantitative estimate of drug-likeness (QED) is 0.811. The van der Waals surface area contributed by atoms with Crippen LogP contribution >= 0.6 is 11.3 Å². The zero-order valence-electron chi connectivity index (χ0n) is 13.2. The first-order valence-corrected chi connectivity index (χ1v) is 9.72. The van der Waals surface area contributed by atoms with Gasteiger partial charge in [0.25, 0.3) is 0 Å². The van der Waals surface area contributed by atoms with E-state index in [-0.39, 0.29) is 0 Å². The first kappa shape index (κ1) is 14.4. The van der Waals surface area contributed by atoms with Gasteiger partial charge in [-0.2, -0.15) is 0 Å². The molecule has 4 heteroatoms. The van der Waals surface area contributed by atoms with Gasteiger partial charge in [0.15, 0.2) is 0 Å². The summed E-state index contributed by atoms with van der Waals surface area (Å²) >= 11 is 1.83. The number of hydrogen-bond acceptors (Lipinski definition) is 3. The van der Waals surface area contributed by atoms with Gasteiger partial charge in [0.2, 0.25) is 0 Å². The maximum absolute atomic E-state index is 8.79. The van der Waals surface area contributed by atoms with Gasteiger partial charge in [-0.1, -0.05) is 32.1 Å². The number of rotatable bonds is 1. The molecule has 0 spiro atoms. The lowest BCUT2D eigenvalue weighted by molar-refractivity contribution is 0.360. The van der Waals surface area contributed by atoms with Crippen LogP contribution < -0.4 is 5.49 Å². The van der Waals surface area contributed by atoms with Crippen molar-refractivity contribution < 1.29 is 0 Å². The zero-order chi connectivity index (χ0) is 14.9. The van der Waals surface area contributed by atoms with Crippen LogP contribution in [0.25, 0.3) is 10.2 Å². The predicted molar refractivity (Wildman–Crippen MR) is 91.5 cm³/mol. The highest BCUT2D eigenvalue weighted by atomic mass is 32.1. The van der Waals surface area contributed by atoms with E-state index in [1.807, 2.05) is 17.7 Å². The zero-order valence-corrected chi connectivity index (χ0v) is 14.1. The molecule has 0 bridgehead atoms. The van der Waals surface area contributed by atoms with Gasteiger partial charge in [0.05, 0.1) is 11.7 Å². The van der Waals surface area contributed by atoms with Crippen molar-refractivity contribution in [3.63, 3.8) is 0 Å². The Hall–Kier alpha value is -1.16. The second-order valence-electron chi connectivity index (χ2n) is 6.89. The van der Waals surface area contributed by atoms with Gasteiger partial charge in [-0.15, -0.1) is 11.3 Å². The number of aryl methyl sites for hydroxylation is 2. The van der Waals surface area contributed by atoms with E-state index in [2.05, 4.69) is 4.57 Å². The van der Waals surface area contributed by atoms with Crippen LogP contribution in [-0.4, -0.2) is 9.55 Å². The molecule has 0 unspecified atom stereocenters. The average molecular weight is 315 g/mol. The number of nitrogens with zero attached hydrogens (tertiary/aromatic N) is 2. The third-order valence-corrected chi connectivity index (χ3v) is 6.62. The molecule has 0 atom stereocenters. The molecule has 1 N–H and O–H groups in total. The molecular weight excluding hydrogens is 290 g/mol. The van der Waals surface area contributed by atoms with Crippen LogP contribution in [0.1, 0.15) is 74.3 Å². The fraction of sp³-hybridized carbons (Fsp3) is 0.667. The molecule has 0 aromatic carbocycles. The molecular formula is C18H25N3S. The molecule has 2 aliphatic rings. The Balaban J connectivity index is 1.78. The van der Waals surface area contributed by atoms with Crippen molar-refractivity contribution in [3.05, 3.63) is 22.3 Å². The van der Waals surface area contributed by atoms with Crippen molar-refractivity contribution in [2.45, 2.75) is 76.7 Å². The Labute approximate surface area is 135 Å². The number of aromatic nitrogens is 2. The normalized spacial score (nSPS) is 20.5. The molecule has 118 valence electrons. The molecule has 2 aromatic heterocycles. The Morgan fingerprint density at radius 1 is 1.00 bits per heavy atom. The molecule has 1 fully saturated rings. The van der Waals surface area contributed by atoms with E-state index in [1.165, 1.54) is 80.0 Å². The van der Waals surface area contributed by atoms with Crippen molar-refractivity contribution in [1.29, 1.82) is 5.41 Å². The first-order valence-electron chi connectivity index (χ1n) is 8.90. The van der Waals surface area contributed by atoms with E-state index < -0.39 is 0 Å². The summed E-state index contributed by atoms with van der Waals surface area (Å²) in [5, 5.41) is 9.96. The lowest BCUT2D eigenvalue weighted by Crippen LogP contribution is -2.26. The second kappa shape index (κ2) is 6.15. The third-order valence-electron chi connectivity index (χ3n) is 5.42. The Kier molecular flexibility index (Phi) is 4.03. The largest absolute Gasteiger partial charge is 0.314 e. The highest BCUT2D eigenvalue weighted by molar-refractivity contribution is 7.18. The van der Waals surface area contributed by atoms with Gasteiger partial charge < -0.3 is 4.57 Å². The van der Waals surface area contributed by atoms with Crippen molar-refractivity contribution in [2.75, 3.05) is 0 Å². The molecule has 0 saturated heterocycles. The van der Waals surface area contributed by atoms with Crippen molar-refractivity contribution >= 4 is 21.6 Å². The fourth-order valence-corrected chi connectivity index (χ4v) is 5.41. The van der Waals surface area contributed by atoms with Crippen LogP contribution in [0.4, 0.5) is 0 Å². The summed E-state index contributed by atoms with van der Waals surface area (Å²) in [7, 11) is 0. The van der Waals surface area contributed by atoms with Crippen LogP contribution in [0.2, 0.25) is 0 Å². The SMILES string of the molecule is N=c1c2c3c(sc2ncn1C1CCCCCCC1)CCCC3. The smallest absolute Gasteiger partial charge is 0.136 e. The first-order chi connectivity index (χ1) is 10.8. The molecule has 3 nitrogen and oxygen atoms in total. The van der Waals surface area contributed by atoms with Gasteiger partial charge in [0.1, 0.15) is 10.3 Å². The van der Waals surface area contributed by atoms with Crippen LogP contribution in [0, 0.1) is 5.41 Å². The van der Waals surface area contributed by atoms with Gasteiger partial charge in [-0.3, -0.25) is 5.41 Å². The Morgan fingerprint density at radius 3 is 2.55 bits per heavy atom. The summed E-state index contributed by atoms with van der Waals surface area (Å²) in [6.07, 6.45) is 16.0. The minimum absolute atomic E-state index is 0.490. The summed E-state index contributed by atoms with van der Waals surface area (Å²) in [5.74, 6) is 0. The highest BCUT2D eigenvalue weighted by Crippen LogP contribution is 2.34. The van der Waals surface area contributed by atoms with E-state index >= 15 is 0 Å². The van der Waals surface area contributed by atoms with Gasteiger partial charge in [-0.05, 0) is 44.1 Å². The molecule has 0 radical (unpaired) electrons. The third kappa shape index (κ3) is 2.51. The number of hydrogen-bond donors (Lipinski definition) is 1. The van der Waals surface area contributed by atoms with E-state index in [0.29, 0.717) is 6.04 Å². The average Bonchev–Trinajstić information content (AvgIpc) is 2.87. The molecule has 0 amide bonds. The van der Waals surface area contributed by atoms with E-state index in [0.717, 1.165) is 16.7 Å². The molecule has 22 heavy (non-hydrogen) atoms. The molecule has 4 rings (SSSR count). The summed E-state index contributed by atoms with van der Waals surface area (Å²) in [4.78, 5) is 7.33. The van der Waals surface area contributed by atoms with E-state index in [1.54, 1.807) is 0 Å². The summed E-state index contributed by atoms with van der Waals surface area (Å²) in [6, 6.07) is 0.490. The molecule has 1 saturated carbocycles. The van der Waals surface area contributed by atoms with Crippen LogP contribution in [-0.2, 0) is 12.8 Å². The lowest BCUT2D eigenvalue weighted by Gasteiger charge is -2.23. The van der Waals surface area contributed by atoms with Gasteiger partial charge in [0, 0.05) is 10.9 Å². The summed E-state index contributed by atoms with van der Waals surface area (Å²) in [6.45, 7) is 0. The minimum atomic E-state index is 0.490. The molecule has 2 heterocycles. The topological polar surface area (TPSA) is 41.7 Å². The Morgan fingerprint density at radius 2 is 1.73 bits per heavy atom. The molecule has 2 aromatic rings. The predicted octanol–water partition coefficient (Wildman–Crippen LogP) is 4.74. The Bertz CT molecular complexity index is 720. The maximum atomic E-state index is 8.79. The van der Waals surface area contributed by atoms with Gasteiger partial charge in [-0.25, -0.2) is 4.98 Å². The fourth-order valence-electron chi connectivity index (χ4n) is 4.18. The van der Waals surface area contributed by atoms with E-state index in [4.69, 9.17) is 10.4 Å². The van der Waals surface area contributed by atoms with Crippen molar-refractivity contribution in [1.82, 2.24) is 9.55 Å². The second-order valence-corrected chi connectivity index (χ2v) is 7.97. The van der Waals surface area contributed by atoms with Crippen LogP contribution in [0.5, 0.6) is 0 Å². The monoisotopic (exact) mass is 315 g/mol. The highest BCUT2D eigenvalue weighted by Gasteiger charge is 2.21. The maximum Gasteiger partial charge on any atom is 0.136 e. The molecule has 0 aliphatic heterocycles. The van der Waals surface area contributed by atoms with E-state index in [9.17, 15) is 0 Å². The minimum Gasteiger partial charge on any atom is -0.314 e. The number of fused-ring (bicyclic) bond motifs is 3. The standard InChI is InChI=1S/C18H25N3S/c19-17-16-14-10-6-7-11-15(14)22-18(16)20-12-21(17)13-8-4-2-1-3-5-9-13/h12-13,19H,1-11H2. The number of nitrogens with one attached hydrogen (secondary N) is 1. The lowest BCUT2D eigenvalue weighted by atomic mass is 9.95. The van der Waals surface area contributed by atoms with Crippen molar-refractivity contribution in [2.24, 2.45) is 0 Å². The number of thiophene rings is 1. The van der Waals surface area contributed by atoms with Crippen LogP contribution in [0.3, 0.4) is 0 Å². The van der Waals surface area contributed by atoms with Crippen molar-refractivity contribution in [3.8, 4) is 0 Å². The summed E-state index contributed by atoms with van der Waals surface area (Å²) < 4.78 is 2.19. The molecule has 2 aliphatic carbocycles. The van der Waals surface area contributed by atoms with Gasteiger partial charge >= 0.3 is 0 Å².